The summed E-state index contributed by atoms with van der Waals surface area (Å²) >= 11 is 6.40. The van der Waals surface area contributed by atoms with E-state index in [4.69, 9.17) is 16.3 Å². The maximum absolute atomic E-state index is 13.8. The number of aliphatic carboxylic acids is 1. The number of hydrogen-bond acceptors (Lipinski definition) is 3. The minimum Gasteiger partial charge on any atom is -0.480 e. The van der Waals surface area contributed by atoms with Crippen LogP contribution in [0.5, 0.6) is 0 Å². The second kappa shape index (κ2) is 8.69. The van der Waals surface area contributed by atoms with Crippen molar-refractivity contribution in [2.45, 2.75) is 36.9 Å². The van der Waals surface area contributed by atoms with Gasteiger partial charge in [0.25, 0.3) is 5.91 Å². The predicted octanol–water partition coefficient (Wildman–Crippen LogP) is 4.89. The minimum absolute atomic E-state index is 0.321. The molecule has 1 N–H and O–H groups in total. The second-order valence-electron chi connectivity index (χ2n) is 7.84. The van der Waals surface area contributed by atoms with E-state index < -0.39 is 23.7 Å². The van der Waals surface area contributed by atoms with Crippen LogP contribution in [-0.4, -0.2) is 40.6 Å². The highest BCUT2D eigenvalue weighted by Crippen LogP contribution is 2.42. The maximum Gasteiger partial charge on any atom is 0.326 e. The maximum atomic E-state index is 13.8. The molecule has 2 aromatic rings. The fourth-order valence-corrected chi connectivity index (χ4v) is 4.73. The average molecular weight is 438 g/mol. The molecule has 2 aliphatic rings. The molecule has 0 bridgehead atoms. The molecule has 0 radical (unpaired) electrons. The van der Waals surface area contributed by atoms with Gasteiger partial charge in [0.2, 0.25) is 0 Å². The van der Waals surface area contributed by atoms with Gasteiger partial charge in [-0.25, -0.2) is 4.79 Å². The van der Waals surface area contributed by atoms with Gasteiger partial charge in [0.05, 0.1) is 6.04 Å². The van der Waals surface area contributed by atoms with Crippen LogP contribution >= 0.6 is 11.6 Å². The Balaban J connectivity index is 1.68. The van der Waals surface area contributed by atoms with Crippen LogP contribution in [0.15, 0.2) is 72.8 Å². The second-order valence-corrected chi connectivity index (χ2v) is 8.24. The monoisotopic (exact) mass is 437 g/mol. The number of hydrogen-bond donors (Lipinski definition) is 1. The number of rotatable bonds is 5. The number of carbonyl (C=O) groups is 2. The molecule has 4 rings (SSSR count). The summed E-state index contributed by atoms with van der Waals surface area (Å²) in [4.78, 5) is 27.3. The topological polar surface area (TPSA) is 66.8 Å². The minimum atomic E-state index is -1.25. The number of halogens is 1. The third kappa shape index (κ3) is 3.91. The predicted molar refractivity (Wildman–Crippen MR) is 120 cm³/mol. The first-order valence-corrected chi connectivity index (χ1v) is 10.6. The molecule has 1 fully saturated rings. The summed E-state index contributed by atoms with van der Waals surface area (Å²) in [7, 11) is 1.49. The summed E-state index contributed by atoms with van der Waals surface area (Å²) in [5.74, 6) is -1.38. The fourth-order valence-electron chi connectivity index (χ4n) is 4.47. The molecule has 1 aliphatic heterocycles. The molecule has 1 unspecified atom stereocenters. The van der Waals surface area contributed by atoms with Crippen molar-refractivity contribution < 1.29 is 19.4 Å². The van der Waals surface area contributed by atoms with E-state index >= 15 is 0 Å². The van der Waals surface area contributed by atoms with Gasteiger partial charge in [-0.2, -0.15) is 0 Å². The lowest BCUT2D eigenvalue weighted by Crippen LogP contribution is -2.53. The van der Waals surface area contributed by atoms with Crippen LogP contribution in [0.2, 0.25) is 5.02 Å². The van der Waals surface area contributed by atoms with Gasteiger partial charge in [-0.05, 0) is 41.7 Å². The van der Waals surface area contributed by atoms with Crippen molar-refractivity contribution in [2.75, 3.05) is 7.11 Å². The van der Waals surface area contributed by atoms with Crippen LogP contribution < -0.4 is 0 Å². The van der Waals surface area contributed by atoms with Gasteiger partial charge in [0.15, 0.2) is 5.60 Å². The molecule has 0 saturated carbocycles. The van der Waals surface area contributed by atoms with Gasteiger partial charge in [-0.1, -0.05) is 72.3 Å². The van der Waals surface area contributed by atoms with Gasteiger partial charge in [0, 0.05) is 18.6 Å². The number of amides is 1. The zero-order chi connectivity index (χ0) is 22.0. The molecular weight excluding hydrogens is 414 g/mol. The first-order chi connectivity index (χ1) is 15.0. The number of methoxy groups -OCH3 is 1. The van der Waals surface area contributed by atoms with Gasteiger partial charge >= 0.3 is 5.97 Å². The van der Waals surface area contributed by atoms with E-state index in [1.54, 1.807) is 12.1 Å². The Morgan fingerprint density at radius 1 is 1.10 bits per heavy atom. The van der Waals surface area contributed by atoms with Crippen LogP contribution in [-0.2, 0) is 14.3 Å². The number of likely N-dealkylation sites (tertiary alicyclic amines) is 1. The van der Waals surface area contributed by atoms with Crippen molar-refractivity contribution in [2.24, 2.45) is 0 Å². The molecule has 2 aromatic carbocycles. The largest absolute Gasteiger partial charge is 0.480 e. The van der Waals surface area contributed by atoms with Gasteiger partial charge in [-0.3, -0.25) is 4.79 Å². The summed E-state index contributed by atoms with van der Waals surface area (Å²) in [6, 6.07) is 15.8. The standard InChI is InChI=1S/C25H24ClNO4/c1-31-25(15-13-18(14-16-25)17-7-3-2-4-8-17)24(30)27-21(11-12-22(27)23(28)29)19-9-5-6-10-20(19)26/h2-10,13-15,21-22H,11-12,16H2,1H3,(H,28,29)/t21-,22+,25?/m1/s1. The highest BCUT2D eigenvalue weighted by atomic mass is 35.5. The van der Waals surface area contributed by atoms with E-state index in [1.807, 2.05) is 60.7 Å². The smallest absolute Gasteiger partial charge is 0.326 e. The van der Waals surface area contributed by atoms with Crippen molar-refractivity contribution in [3.63, 3.8) is 0 Å². The highest BCUT2D eigenvalue weighted by molar-refractivity contribution is 6.31. The first-order valence-electron chi connectivity index (χ1n) is 10.3. The summed E-state index contributed by atoms with van der Waals surface area (Å²) in [5.41, 5.74) is 1.55. The Labute approximate surface area is 186 Å². The molecule has 0 aromatic heterocycles. The van der Waals surface area contributed by atoms with Gasteiger partial charge < -0.3 is 14.7 Å². The number of carbonyl (C=O) groups excluding carboxylic acids is 1. The lowest BCUT2D eigenvalue weighted by Gasteiger charge is -2.38. The molecule has 31 heavy (non-hydrogen) atoms. The summed E-state index contributed by atoms with van der Waals surface area (Å²) in [6.07, 6.45) is 6.80. The van der Waals surface area contributed by atoms with Crippen molar-refractivity contribution in [1.82, 2.24) is 4.90 Å². The van der Waals surface area contributed by atoms with Crippen molar-refractivity contribution in [3.8, 4) is 0 Å². The van der Waals surface area contributed by atoms with E-state index in [1.165, 1.54) is 12.0 Å². The zero-order valence-corrected chi connectivity index (χ0v) is 18.0. The van der Waals surface area contributed by atoms with Gasteiger partial charge in [0.1, 0.15) is 6.04 Å². The van der Waals surface area contributed by atoms with Crippen LogP contribution in [0.1, 0.15) is 36.4 Å². The molecule has 160 valence electrons. The SMILES string of the molecule is COC1(C(=O)N2[C@@H](c3ccccc3Cl)CC[C@H]2C(=O)O)C=CC(c2ccccc2)=CC1. The molecule has 3 atom stereocenters. The van der Waals surface area contributed by atoms with Crippen molar-refractivity contribution in [3.05, 3.63) is 89.0 Å². The van der Waals surface area contributed by atoms with E-state index in [0.717, 1.165) is 16.7 Å². The molecule has 1 heterocycles. The van der Waals surface area contributed by atoms with Crippen molar-refractivity contribution in [1.29, 1.82) is 0 Å². The fraction of sp³-hybridized carbons (Fsp3) is 0.280. The number of allylic oxidation sites excluding steroid dienone is 2. The Hall–Kier alpha value is -2.89. The number of nitrogens with zero attached hydrogens (tertiary/aromatic N) is 1. The third-order valence-electron chi connectivity index (χ3n) is 6.16. The Bertz CT molecular complexity index is 1050. The van der Waals surface area contributed by atoms with Crippen LogP contribution in [0.3, 0.4) is 0 Å². The van der Waals surface area contributed by atoms with E-state index in [-0.39, 0.29) is 5.91 Å². The molecule has 1 amide bonds. The summed E-state index contributed by atoms with van der Waals surface area (Å²) in [5, 5.41) is 10.3. The average Bonchev–Trinajstić information content (AvgIpc) is 3.24. The molecule has 1 aliphatic carbocycles. The Kier molecular flexibility index (Phi) is 5.99. The lowest BCUT2D eigenvalue weighted by molar-refractivity contribution is -0.159. The van der Waals surface area contributed by atoms with Crippen LogP contribution in [0.25, 0.3) is 5.57 Å². The summed E-state index contributed by atoms with van der Waals surface area (Å²) in [6.45, 7) is 0. The van der Waals surface area contributed by atoms with E-state index in [9.17, 15) is 14.7 Å². The number of carboxylic acid groups (broad SMARTS) is 1. The van der Waals surface area contributed by atoms with Crippen LogP contribution in [0.4, 0.5) is 0 Å². The number of ether oxygens (including phenoxy) is 1. The highest BCUT2D eigenvalue weighted by Gasteiger charge is 2.49. The quantitative estimate of drug-likeness (QED) is 0.723. The number of benzene rings is 2. The Morgan fingerprint density at radius 3 is 2.42 bits per heavy atom. The van der Waals surface area contributed by atoms with Gasteiger partial charge in [-0.15, -0.1) is 0 Å². The van der Waals surface area contributed by atoms with E-state index in [2.05, 4.69) is 0 Å². The van der Waals surface area contributed by atoms with E-state index in [0.29, 0.717) is 24.3 Å². The molecule has 6 heteroatoms. The Morgan fingerprint density at radius 2 is 1.81 bits per heavy atom. The normalized spacial score (nSPS) is 25.4. The first kappa shape index (κ1) is 21.3. The molecule has 5 nitrogen and oxygen atoms in total. The molecular formula is C25H24ClNO4. The third-order valence-corrected chi connectivity index (χ3v) is 6.50. The number of carboxylic acids is 1. The zero-order valence-electron chi connectivity index (χ0n) is 17.2. The molecule has 1 saturated heterocycles. The van der Waals surface area contributed by atoms with Crippen molar-refractivity contribution >= 4 is 29.1 Å². The lowest BCUT2D eigenvalue weighted by atomic mass is 9.87. The van der Waals surface area contributed by atoms with Crippen LogP contribution in [0, 0.1) is 0 Å². The summed E-state index contributed by atoms with van der Waals surface area (Å²) < 4.78 is 5.73. The molecule has 0 spiro atoms.